The third-order valence-electron chi connectivity index (χ3n) is 2.22. The fraction of sp³-hybridized carbons (Fsp3) is 0.364. The Kier molecular flexibility index (Phi) is 5.40. The zero-order valence-electron chi connectivity index (χ0n) is 10.7. The predicted molar refractivity (Wildman–Crippen MR) is 66.5 cm³/mol. The van der Waals surface area contributed by atoms with Crippen molar-refractivity contribution in [1.29, 1.82) is 0 Å². The van der Waals surface area contributed by atoms with Crippen LogP contribution in [0.4, 0.5) is 8.78 Å². The monoisotopic (exact) mass is 308 g/mol. The van der Waals surface area contributed by atoms with Crippen LogP contribution in [-0.4, -0.2) is 27.5 Å². The summed E-state index contributed by atoms with van der Waals surface area (Å²) in [4.78, 5) is 10.5. The van der Waals surface area contributed by atoms with Gasteiger partial charge in [-0.1, -0.05) is 6.92 Å². The van der Waals surface area contributed by atoms with E-state index >= 15 is 0 Å². The molecule has 3 N–H and O–H groups in total. The summed E-state index contributed by atoms with van der Waals surface area (Å²) in [6, 6.07) is 1.05. The first kappa shape index (κ1) is 16.3. The summed E-state index contributed by atoms with van der Waals surface area (Å²) in [6.45, 7) is 1.67. The van der Waals surface area contributed by atoms with Gasteiger partial charge in [0.1, 0.15) is 0 Å². The Morgan fingerprint density at radius 1 is 1.35 bits per heavy atom. The van der Waals surface area contributed by atoms with Gasteiger partial charge in [0.2, 0.25) is 10.0 Å². The molecule has 0 atom stereocenters. The summed E-state index contributed by atoms with van der Waals surface area (Å²) in [5.41, 5.74) is 0. The van der Waals surface area contributed by atoms with Crippen LogP contribution in [0, 0.1) is 11.6 Å². The summed E-state index contributed by atoms with van der Waals surface area (Å²) in [6.07, 6.45) is 0.706. The predicted octanol–water partition coefficient (Wildman–Crippen LogP) is 0.517. The van der Waals surface area contributed by atoms with Crippen LogP contribution < -0.4 is 15.2 Å². The van der Waals surface area contributed by atoms with Gasteiger partial charge in [-0.2, -0.15) is 0 Å². The van der Waals surface area contributed by atoms with Gasteiger partial charge in [0.15, 0.2) is 24.0 Å². The largest absolute Gasteiger partial charge is 0.478 e. The molecule has 0 aliphatic heterocycles. The smallest absolute Gasteiger partial charge is 0.257 e. The molecule has 0 fully saturated rings. The number of nitrogens with two attached hydrogens (primary N) is 1. The van der Waals surface area contributed by atoms with Crippen LogP contribution in [0.25, 0.3) is 0 Å². The molecular weight excluding hydrogens is 294 g/mol. The van der Waals surface area contributed by atoms with Gasteiger partial charge >= 0.3 is 0 Å². The minimum absolute atomic E-state index is 0.414. The van der Waals surface area contributed by atoms with Gasteiger partial charge in [-0.25, -0.2) is 22.3 Å². The lowest BCUT2D eigenvalue weighted by Crippen LogP contribution is -2.29. The molecule has 9 heteroatoms. The van der Waals surface area contributed by atoms with Crippen molar-refractivity contribution >= 4 is 15.9 Å². The molecule has 20 heavy (non-hydrogen) atoms. The van der Waals surface area contributed by atoms with Gasteiger partial charge in [-0.05, 0) is 18.6 Å². The van der Waals surface area contributed by atoms with Crippen LogP contribution in [0.3, 0.4) is 0 Å². The lowest BCUT2D eigenvalue weighted by molar-refractivity contribution is -0.123. The molecule has 1 aromatic carbocycles. The molecule has 1 aromatic rings. The minimum Gasteiger partial charge on any atom is -0.478 e. The maximum atomic E-state index is 13.5. The summed E-state index contributed by atoms with van der Waals surface area (Å²) in [5, 5.41) is 7.21. The first-order chi connectivity index (χ1) is 9.25. The minimum atomic E-state index is -4.22. The summed E-state index contributed by atoms with van der Waals surface area (Å²) >= 11 is 0. The molecule has 0 aromatic heterocycles. The van der Waals surface area contributed by atoms with E-state index in [0.717, 1.165) is 0 Å². The van der Waals surface area contributed by atoms with Crippen LogP contribution in [-0.2, 0) is 14.8 Å². The van der Waals surface area contributed by atoms with Crippen molar-refractivity contribution in [3.63, 3.8) is 0 Å². The van der Waals surface area contributed by atoms with Crippen LogP contribution in [0.5, 0.6) is 5.75 Å². The van der Waals surface area contributed by atoms with Crippen molar-refractivity contribution in [1.82, 2.24) is 5.32 Å². The normalized spacial score (nSPS) is 11.2. The number of hydrogen-bond acceptors (Lipinski definition) is 4. The zero-order valence-corrected chi connectivity index (χ0v) is 11.5. The van der Waals surface area contributed by atoms with Gasteiger partial charge in [0, 0.05) is 6.54 Å². The number of halogens is 2. The number of nitrogens with one attached hydrogen (secondary N) is 1. The number of amides is 1. The molecule has 1 amide bonds. The van der Waals surface area contributed by atoms with Crippen molar-refractivity contribution in [2.24, 2.45) is 5.14 Å². The fourth-order valence-corrected chi connectivity index (χ4v) is 1.83. The second kappa shape index (κ2) is 6.62. The molecule has 0 heterocycles. The van der Waals surface area contributed by atoms with E-state index in [1.54, 1.807) is 0 Å². The van der Waals surface area contributed by atoms with Crippen molar-refractivity contribution in [2.45, 2.75) is 18.2 Å². The molecule has 1 rings (SSSR count). The molecule has 0 aliphatic rings. The van der Waals surface area contributed by atoms with Gasteiger partial charge in [0.25, 0.3) is 5.91 Å². The van der Waals surface area contributed by atoms with Crippen LogP contribution >= 0.6 is 0 Å². The second-order valence-electron chi connectivity index (χ2n) is 3.90. The van der Waals surface area contributed by atoms with E-state index in [1.165, 1.54) is 0 Å². The third-order valence-corrected chi connectivity index (χ3v) is 3.11. The summed E-state index contributed by atoms with van der Waals surface area (Å²) < 4.78 is 53.7. The lowest BCUT2D eigenvalue weighted by Gasteiger charge is -2.09. The van der Waals surface area contributed by atoms with Gasteiger partial charge in [-0.15, -0.1) is 0 Å². The van der Waals surface area contributed by atoms with Gasteiger partial charge < -0.3 is 10.1 Å². The molecule has 0 unspecified atom stereocenters. The highest BCUT2D eigenvalue weighted by Gasteiger charge is 2.18. The quantitative estimate of drug-likeness (QED) is 0.800. The molecule has 6 nitrogen and oxygen atoms in total. The second-order valence-corrected chi connectivity index (χ2v) is 5.46. The average Bonchev–Trinajstić information content (AvgIpc) is 2.34. The molecule has 0 aliphatic carbocycles. The number of sulfonamides is 1. The number of primary sulfonamides is 1. The van der Waals surface area contributed by atoms with Crippen molar-refractivity contribution in [3.8, 4) is 5.75 Å². The number of hydrogen-bond donors (Lipinski definition) is 2. The van der Waals surface area contributed by atoms with Crippen molar-refractivity contribution in [3.05, 3.63) is 23.8 Å². The average molecular weight is 308 g/mol. The van der Waals surface area contributed by atoms with E-state index in [9.17, 15) is 22.0 Å². The van der Waals surface area contributed by atoms with Gasteiger partial charge in [-0.3, -0.25) is 4.79 Å². The Hall–Kier alpha value is -1.74. The first-order valence-electron chi connectivity index (χ1n) is 5.67. The number of benzene rings is 1. The number of ether oxygens (including phenoxy) is 1. The van der Waals surface area contributed by atoms with E-state index in [0.29, 0.717) is 25.1 Å². The Bertz CT molecular complexity index is 581. The molecule has 0 spiro atoms. The van der Waals surface area contributed by atoms with Crippen LogP contribution in [0.15, 0.2) is 17.0 Å². The van der Waals surface area contributed by atoms with Crippen molar-refractivity contribution < 1.29 is 26.7 Å². The highest BCUT2D eigenvalue weighted by molar-refractivity contribution is 7.89. The van der Waals surface area contributed by atoms with E-state index in [4.69, 9.17) is 9.88 Å². The Morgan fingerprint density at radius 3 is 2.35 bits per heavy atom. The number of carbonyl (C=O) groups excluding carboxylic acids is 1. The third kappa shape index (κ3) is 4.42. The SMILES string of the molecule is CCCNC(=O)COc1c(F)cc(S(N)(=O)=O)cc1F. The molecule has 0 bridgehead atoms. The Morgan fingerprint density at radius 2 is 1.90 bits per heavy atom. The van der Waals surface area contributed by atoms with Crippen LogP contribution in [0.1, 0.15) is 13.3 Å². The Balaban J connectivity index is 2.85. The topological polar surface area (TPSA) is 98.5 Å². The molecule has 0 saturated heterocycles. The highest BCUT2D eigenvalue weighted by Crippen LogP contribution is 2.24. The van der Waals surface area contributed by atoms with E-state index in [2.05, 4.69) is 5.32 Å². The first-order valence-corrected chi connectivity index (χ1v) is 7.21. The molecule has 0 radical (unpaired) electrons. The standard InChI is InChI=1S/C11H14F2N2O4S/c1-2-3-15-10(16)6-19-11-8(12)4-7(5-9(11)13)20(14,17)18/h4-5H,2-3,6H2,1H3,(H,15,16)(H2,14,17,18). The summed E-state index contributed by atoms with van der Waals surface area (Å²) in [7, 11) is -4.22. The van der Waals surface area contributed by atoms with Crippen molar-refractivity contribution in [2.75, 3.05) is 13.2 Å². The highest BCUT2D eigenvalue weighted by atomic mass is 32.2. The lowest BCUT2D eigenvalue weighted by atomic mass is 10.3. The van der Waals surface area contributed by atoms with Gasteiger partial charge in [0.05, 0.1) is 4.90 Å². The van der Waals surface area contributed by atoms with E-state index in [-0.39, 0.29) is 0 Å². The molecule has 112 valence electrons. The van der Waals surface area contributed by atoms with Crippen LogP contribution in [0.2, 0.25) is 0 Å². The maximum absolute atomic E-state index is 13.5. The zero-order chi connectivity index (χ0) is 15.3. The fourth-order valence-electron chi connectivity index (χ4n) is 1.29. The van der Waals surface area contributed by atoms with E-state index in [1.807, 2.05) is 6.92 Å². The molecule has 0 saturated carbocycles. The van der Waals surface area contributed by atoms with E-state index < -0.39 is 44.8 Å². The molecular formula is C11H14F2N2O4S. The maximum Gasteiger partial charge on any atom is 0.257 e. The number of carbonyl (C=O) groups is 1. The number of rotatable bonds is 6. The Labute approximate surface area is 115 Å². The summed E-state index contributed by atoms with van der Waals surface area (Å²) in [5.74, 6) is -3.88.